The van der Waals surface area contributed by atoms with Gasteiger partial charge in [-0.15, -0.1) is 0 Å². The van der Waals surface area contributed by atoms with Crippen molar-refractivity contribution >= 4 is 11.8 Å². The lowest BCUT2D eigenvalue weighted by Gasteiger charge is -2.26. The van der Waals surface area contributed by atoms with Gasteiger partial charge in [-0.1, -0.05) is 66.7 Å². The SMILES string of the molecule is COc1ccc(N(/C=C/[C@@H](Cc2ccccc2)c2ccccc2)C(=O)OC(C)(C)C)cc1. The quantitative estimate of drug-likeness (QED) is 0.407. The van der Waals surface area contributed by atoms with Crippen molar-refractivity contribution in [2.75, 3.05) is 12.0 Å². The molecule has 0 aromatic heterocycles. The van der Waals surface area contributed by atoms with Gasteiger partial charge in [-0.25, -0.2) is 4.79 Å². The minimum absolute atomic E-state index is 0.0989. The Hall–Kier alpha value is -3.53. The number of ether oxygens (including phenoxy) is 2. The summed E-state index contributed by atoms with van der Waals surface area (Å²) in [6, 6.07) is 28.0. The van der Waals surface area contributed by atoms with E-state index in [4.69, 9.17) is 9.47 Å². The number of anilines is 1. The highest BCUT2D eigenvalue weighted by atomic mass is 16.6. The number of benzene rings is 3. The van der Waals surface area contributed by atoms with Gasteiger partial charge in [-0.2, -0.15) is 0 Å². The summed E-state index contributed by atoms with van der Waals surface area (Å²) in [7, 11) is 1.62. The topological polar surface area (TPSA) is 38.8 Å². The molecule has 1 atom stereocenters. The van der Waals surface area contributed by atoms with E-state index in [1.807, 2.05) is 87.6 Å². The molecule has 0 aliphatic heterocycles. The lowest BCUT2D eigenvalue weighted by atomic mass is 9.92. The van der Waals surface area contributed by atoms with Gasteiger partial charge in [0.25, 0.3) is 0 Å². The molecular weight excluding hydrogens is 398 g/mol. The fraction of sp³-hybridized carbons (Fsp3) is 0.250. The molecule has 0 saturated heterocycles. The van der Waals surface area contributed by atoms with Gasteiger partial charge in [0.2, 0.25) is 0 Å². The Morgan fingerprint density at radius 3 is 2.06 bits per heavy atom. The Morgan fingerprint density at radius 2 is 1.50 bits per heavy atom. The van der Waals surface area contributed by atoms with Crippen LogP contribution in [-0.2, 0) is 11.2 Å². The molecule has 0 fully saturated rings. The Labute approximate surface area is 191 Å². The molecule has 0 spiro atoms. The number of amides is 1. The van der Waals surface area contributed by atoms with E-state index in [1.54, 1.807) is 12.0 Å². The van der Waals surface area contributed by atoms with Crippen LogP contribution >= 0.6 is 0 Å². The maximum Gasteiger partial charge on any atom is 0.418 e. The molecule has 3 aromatic rings. The first-order valence-corrected chi connectivity index (χ1v) is 10.8. The van der Waals surface area contributed by atoms with Crippen LogP contribution in [0.2, 0.25) is 0 Å². The average molecular weight is 430 g/mol. The predicted octanol–water partition coefficient (Wildman–Crippen LogP) is 6.98. The van der Waals surface area contributed by atoms with E-state index in [1.165, 1.54) is 11.1 Å². The van der Waals surface area contributed by atoms with Crippen LogP contribution in [0.5, 0.6) is 5.75 Å². The molecule has 0 aliphatic carbocycles. The number of carbonyl (C=O) groups excluding carboxylic acids is 1. The zero-order valence-corrected chi connectivity index (χ0v) is 19.2. The van der Waals surface area contributed by atoms with Crippen molar-refractivity contribution < 1.29 is 14.3 Å². The van der Waals surface area contributed by atoms with E-state index >= 15 is 0 Å². The van der Waals surface area contributed by atoms with Crippen LogP contribution in [0.1, 0.15) is 37.8 Å². The summed E-state index contributed by atoms with van der Waals surface area (Å²) in [5, 5.41) is 0. The van der Waals surface area contributed by atoms with Gasteiger partial charge < -0.3 is 9.47 Å². The van der Waals surface area contributed by atoms with Crippen molar-refractivity contribution in [2.45, 2.75) is 38.7 Å². The number of rotatable bonds is 7. The van der Waals surface area contributed by atoms with E-state index in [0.29, 0.717) is 5.69 Å². The first-order valence-electron chi connectivity index (χ1n) is 10.8. The van der Waals surface area contributed by atoms with Gasteiger partial charge in [0.1, 0.15) is 11.4 Å². The van der Waals surface area contributed by atoms with Crippen molar-refractivity contribution in [2.24, 2.45) is 0 Å². The van der Waals surface area contributed by atoms with E-state index in [0.717, 1.165) is 12.2 Å². The normalized spacial score (nSPS) is 12.4. The minimum Gasteiger partial charge on any atom is -0.497 e. The van der Waals surface area contributed by atoms with Crippen molar-refractivity contribution in [1.82, 2.24) is 0 Å². The maximum absolute atomic E-state index is 13.0. The molecule has 3 rings (SSSR count). The molecule has 0 aliphatic rings. The maximum atomic E-state index is 13.0. The van der Waals surface area contributed by atoms with Crippen molar-refractivity contribution in [3.63, 3.8) is 0 Å². The number of methoxy groups -OCH3 is 1. The number of hydrogen-bond donors (Lipinski definition) is 0. The van der Waals surface area contributed by atoms with Crippen LogP contribution in [0.3, 0.4) is 0 Å². The second-order valence-electron chi connectivity index (χ2n) is 8.60. The Morgan fingerprint density at radius 1 is 0.906 bits per heavy atom. The van der Waals surface area contributed by atoms with Gasteiger partial charge in [-0.05, 0) is 62.6 Å². The lowest BCUT2D eigenvalue weighted by Crippen LogP contribution is -2.33. The summed E-state index contributed by atoms with van der Waals surface area (Å²) in [4.78, 5) is 14.6. The van der Waals surface area contributed by atoms with Gasteiger partial charge >= 0.3 is 6.09 Å². The molecule has 0 unspecified atom stereocenters. The van der Waals surface area contributed by atoms with Crippen LogP contribution in [0.4, 0.5) is 10.5 Å². The summed E-state index contributed by atoms with van der Waals surface area (Å²) in [6.45, 7) is 5.59. The summed E-state index contributed by atoms with van der Waals surface area (Å²) in [5.74, 6) is 0.829. The standard InChI is InChI=1S/C28H31NO3/c1-28(2,3)32-27(30)29(25-15-17-26(31-4)18-16-25)20-19-24(23-13-9-6-10-14-23)21-22-11-7-5-8-12-22/h5-20,24H,21H2,1-4H3/b20-19+/t24-/m0/s1. The number of hydrogen-bond acceptors (Lipinski definition) is 3. The first kappa shape index (κ1) is 23.1. The van der Waals surface area contributed by atoms with E-state index < -0.39 is 11.7 Å². The third kappa shape index (κ3) is 6.74. The Kier molecular flexibility index (Phi) is 7.72. The first-order chi connectivity index (χ1) is 15.4. The average Bonchev–Trinajstić information content (AvgIpc) is 2.79. The molecule has 32 heavy (non-hydrogen) atoms. The van der Waals surface area contributed by atoms with Gasteiger partial charge in [-0.3, -0.25) is 4.90 Å². The predicted molar refractivity (Wildman–Crippen MR) is 130 cm³/mol. The van der Waals surface area contributed by atoms with E-state index in [-0.39, 0.29) is 5.92 Å². The second-order valence-corrected chi connectivity index (χ2v) is 8.60. The van der Waals surface area contributed by atoms with Crippen molar-refractivity contribution in [3.05, 3.63) is 108 Å². The molecule has 4 heteroatoms. The largest absolute Gasteiger partial charge is 0.497 e. The van der Waals surface area contributed by atoms with Gasteiger partial charge in [0.15, 0.2) is 0 Å². The zero-order chi connectivity index (χ0) is 23.0. The highest BCUT2D eigenvalue weighted by Gasteiger charge is 2.22. The number of nitrogens with zero attached hydrogens (tertiary/aromatic N) is 1. The third-order valence-corrected chi connectivity index (χ3v) is 4.93. The molecule has 0 heterocycles. The summed E-state index contributed by atoms with van der Waals surface area (Å²) >= 11 is 0. The molecular formula is C28H31NO3. The van der Waals surface area contributed by atoms with Crippen LogP contribution in [-0.4, -0.2) is 18.8 Å². The Bertz CT molecular complexity index is 1010. The molecule has 0 bridgehead atoms. The molecule has 4 nitrogen and oxygen atoms in total. The smallest absolute Gasteiger partial charge is 0.418 e. The molecule has 166 valence electrons. The van der Waals surface area contributed by atoms with Crippen molar-refractivity contribution in [1.29, 1.82) is 0 Å². The van der Waals surface area contributed by atoms with Crippen LogP contribution in [0.15, 0.2) is 97.2 Å². The summed E-state index contributed by atoms with van der Waals surface area (Å²) in [5.41, 5.74) is 2.53. The fourth-order valence-electron chi connectivity index (χ4n) is 3.36. The van der Waals surface area contributed by atoms with Crippen LogP contribution < -0.4 is 9.64 Å². The van der Waals surface area contributed by atoms with Gasteiger partial charge in [0.05, 0.1) is 12.8 Å². The van der Waals surface area contributed by atoms with E-state index in [9.17, 15) is 4.79 Å². The Balaban J connectivity index is 1.94. The van der Waals surface area contributed by atoms with Gasteiger partial charge in [0, 0.05) is 12.1 Å². The second kappa shape index (κ2) is 10.7. The monoisotopic (exact) mass is 429 g/mol. The minimum atomic E-state index is -0.599. The highest BCUT2D eigenvalue weighted by molar-refractivity contribution is 5.90. The third-order valence-electron chi connectivity index (χ3n) is 4.93. The lowest BCUT2D eigenvalue weighted by molar-refractivity contribution is 0.0596. The summed E-state index contributed by atoms with van der Waals surface area (Å²) in [6.07, 6.45) is 4.28. The van der Waals surface area contributed by atoms with Crippen molar-refractivity contribution in [3.8, 4) is 5.75 Å². The zero-order valence-electron chi connectivity index (χ0n) is 19.2. The number of allylic oxidation sites excluding steroid dienone is 1. The molecule has 0 radical (unpaired) electrons. The molecule has 0 saturated carbocycles. The fourth-order valence-corrected chi connectivity index (χ4v) is 3.36. The highest BCUT2D eigenvalue weighted by Crippen LogP contribution is 2.26. The van der Waals surface area contributed by atoms with Crippen LogP contribution in [0.25, 0.3) is 0 Å². The molecule has 3 aromatic carbocycles. The number of carbonyl (C=O) groups is 1. The van der Waals surface area contributed by atoms with Crippen LogP contribution in [0, 0.1) is 0 Å². The summed E-state index contributed by atoms with van der Waals surface area (Å²) < 4.78 is 10.9. The van der Waals surface area contributed by atoms with E-state index in [2.05, 4.69) is 30.3 Å². The molecule has 0 N–H and O–H groups in total. The molecule has 1 amide bonds.